The number of anilines is 1. The number of ether oxygens (including phenoxy) is 2. The van der Waals surface area contributed by atoms with Crippen molar-refractivity contribution in [2.45, 2.75) is 13.0 Å². The molecule has 1 aliphatic rings. The zero-order valence-corrected chi connectivity index (χ0v) is 19.5. The summed E-state index contributed by atoms with van der Waals surface area (Å²) in [6, 6.07) is 7.83. The molecule has 0 spiro atoms. The third-order valence-electron chi connectivity index (χ3n) is 4.79. The maximum Gasteiger partial charge on any atom is 0.335 e. The number of hydrogen-bond donors (Lipinski definition) is 3. The Morgan fingerprint density at radius 1 is 1.15 bits per heavy atom. The van der Waals surface area contributed by atoms with Gasteiger partial charge < -0.3 is 25.0 Å². The molecule has 0 radical (unpaired) electrons. The number of hydrogen-bond acceptors (Lipinski definition) is 8. The van der Waals surface area contributed by atoms with Gasteiger partial charge in [-0.25, -0.2) is 4.79 Å². The summed E-state index contributed by atoms with van der Waals surface area (Å²) in [6.45, 7) is 1.54. The summed E-state index contributed by atoms with van der Waals surface area (Å²) >= 11 is 6.37. The fourth-order valence-electron chi connectivity index (χ4n) is 3.02. The van der Waals surface area contributed by atoms with Gasteiger partial charge in [-0.05, 0) is 55.0 Å². The number of phenolic OH excluding ortho intramolecular Hbond substituents is 1. The van der Waals surface area contributed by atoms with E-state index in [1.165, 1.54) is 43.4 Å². The lowest BCUT2D eigenvalue weighted by atomic mass is 10.1. The number of carbonyl (C=O) groups excluding carboxylic acids is 2. The van der Waals surface area contributed by atoms with Gasteiger partial charge in [-0.3, -0.25) is 14.5 Å². The number of carboxylic acid groups (broad SMARTS) is 1. The van der Waals surface area contributed by atoms with E-state index in [4.69, 9.17) is 26.8 Å². The maximum atomic E-state index is 13.0. The van der Waals surface area contributed by atoms with Crippen molar-refractivity contribution in [3.63, 3.8) is 0 Å². The van der Waals surface area contributed by atoms with Crippen LogP contribution in [0.4, 0.5) is 5.69 Å². The van der Waals surface area contributed by atoms with Gasteiger partial charge >= 0.3 is 5.97 Å². The van der Waals surface area contributed by atoms with Crippen LogP contribution in [-0.2, 0) is 9.59 Å². The standard InChI is InChI=1S/C22H20N2O7S2/c1-11(19(26)23-14-6-4-13(5-7-14)21(28)29)24-20(27)17(33-22(24)32)10-12-8-15(30-2)18(25)16(9-12)31-3/h4-11,25H,1-3H3,(H,23,26)(H,28,29)/b17-10-. The molecule has 2 aromatic carbocycles. The monoisotopic (exact) mass is 488 g/mol. The molecule has 2 aromatic rings. The van der Waals surface area contributed by atoms with Crippen molar-refractivity contribution < 1.29 is 34.1 Å². The minimum atomic E-state index is -1.07. The van der Waals surface area contributed by atoms with Gasteiger partial charge in [0.2, 0.25) is 11.7 Å². The van der Waals surface area contributed by atoms with E-state index in [1.54, 1.807) is 25.1 Å². The summed E-state index contributed by atoms with van der Waals surface area (Å²) < 4.78 is 10.5. The third kappa shape index (κ3) is 5.10. The van der Waals surface area contributed by atoms with Crippen LogP contribution in [0.5, 0.6) is 17.2 Å². The molecule has 0 bridgehead atoms. The van der Waals surface area contributed by atoms with Crippen LogP contribution in [0.25, 0.3) is 6.08 Å². The van der Waals surface area contributed by atoms with Crippen LogP contribution in [0, 0.1) is 0 Å². The molecule has 172 valence electrons. The molecule has 9 nitrogen and oxygen atoms in total. The van der Waals surface area contributed by atoms with Crippen molar-refractivity contribution in [1.82, 2.24) is 4.90 Å². The Kier molecular flexibility index (Phi) is 7.24. The number of thioether (sulfide) groups is 1. The predicted octanol–water partition coefficient (Wildman–Crippen LogP) is 3.34. The lowest BCUT2D eigenvalue weighted by Crippen LogP contribution is -2.44. The molecule has 1 aliphatic heterocycles. The minimum Gasteiger partial charge on any atom is -0.502 e. The molecule has 1 fully saturated rings. The van der Waals surface area contributed by atoms with E-state index in [0.717, 1.165) is 11.8 Å². The SMILES string of the molecule is COc1cc(/C=C2\SC(=S)N(C(C)C(=O)Nc3ccc(C(=O)O)cc3)C2=O)cc(OC)c1O. The van der Waals surface area contributed by atoms with Crippen LogP contribution >= 0.6 is 24.0 Å². The molecule has 1 unspecified atom stereocenters. The first-order valence-electron chi connectivity index (χ1n) is 9.52. The molecule has 2 amide bonds. The average molecular weight is 489 g/mol. The highest BCUT2D eigenvalue weighted by Gasteiger charge is 2.38. The van der Waals surface area contributed by atoms with Crippen molar-refractivity contribution in [2.24, 2.45) is 0 Å². The summed E-state index contributed by atoms with van der Waals surface area (Å²) in [5.41, 5.74) is 1.02. The zero-order valence-electron chi connectivity index (χ0n) is 17.8. The second kappa shape index (κ2) is 9.92. The number of carbonyl (C=O) groups is 3. The summed E-state index contributed by atoms with van der Waals surface area (Å²) in [6.07, 6.45) is 1.57. The Balaban J connectivity index is 1.79. The van der Waals surface area contributed by atoms with Crippen LogP contribution in [0.15, 0.2) is 41.3 Å². The number of aromatic carboxylic acids is 1. The molecule has 1 heterocycles. The van der Waals surface area contributed by atoms with Gasteiger partial charge in [0.1, 0.15) is 10.4 Å². The average Bonchev–Trinajstić information content (AvgIpc) is 3.07. The highest BCUT2D eigenvalue weighted by Crippen LogP contribution is 2.40. The van der Waals surface area contributed by atoms with Crippen molar-refractivity contribution >= 4 is 57.8 Å². The highest BCUT2D eigenvalue weighted by molar-refractivity contribution is 8.26. The summed E-state index contributed by atoms with van der Waals surface area (Å²) in [5, 5.41) is 21.7. The molecule has 0 saturated carbocycles. The second-order valence-corrected chi connectivity index (χ2v) is 8.55. The fraction of sp³-hybridized carbons (Fsp3) is 0.182. The molecule has 1 saturated heterocycles. The van der Waals surface area contributed by atoms with Gasteiger partial charge in [-0.1, -0.05) is 24.0 Å². The van der Waals surface area contributed by atoms with Crippen LogP contribution in [-0.4, -0.2) is 57.5 Å². The van der Waals surface area contributed by atoms with E-state index in [9.17, 15) is 19.5 Å². The van der Waals surface area contributed by atoms with E-state index >= 15 is 0 Å². The Labute approximate surface area is 199 Å². The van der Waals surface area contributed by atoms with Gasteiger partial charge in [-0.2, -0.15) is 0 Å². The van der Waals surface area contributed by atoms with Crippen LogP contribution in [0.3, 0.4) is 0 Å². The van der Waals surface area contributed by atoms with Gasteiger partial charge in [0, 0.05) is 5.69 Å². The van der Waals surface area contributed by atoms with Gasteiger partial charge in [0.15, 0.2) is 11.5 Å². The molecule has 11 heteroatoms. The van der Waals surface area contributed by atoms with Crippen molar-refractivity contribution in [2.75, 3.05) is 19.5 Å². The second-order valence-electron chi connectivity index (χ2n) is 6.87. The first-order valence-corrected chi connectivity index (χ1v) is 10.7. The molecular formula is C22H20N2O7S2. The zero-order chi connectivity index (χ0) is 24.3. The van der Waals surface area contributed by atoms with Gasteiger partial charge in [-0.15, -0.1) is 0 Å². The summed E-state index contributed by atoms with van der Waals surface area (Å²) in [4.78, 5) is 38.2. The van der Waals surface area contributed by atoms with Crippen molar-refractivity contribution in [3.05, 3.63) is 52.4 Å². The van der Waals surface area contributed by atoms with Crippen molar-refractivity contribution in [1.29, 1.82) is 0 Å². The number of nitrogens with one attached hydrogen (secondary N) is 1. The lowest BCUT2D eigenvalue weighted by molar-refractivity contribution is -0.129. The summed E-state index contributed by atoms with van der Waals surface area (Å²) in [7, 11) is 2.79. The van der Waals surface area contributed by atoms with Crippen LogP contribution in [0.1, 0.15) is 22.8 Å². The fourth-order valence-corrected chi connectivity index (χ4v) is 4.44. The van der Waals surface area contributed by atoms with E-state index in [0.29, 0.717) is 16.2 Å². The largest absolute Gasteiger partial charge is 0.502 e. The molecule has 0 aliphatic carbocycles. The number of methoxy groups -OCH3 is 2. The Morgan fingerprint density at radius 2 is 1.73 bits per heavy atom. The van der Waals surface area contributed by atoms with Crippen LogP contribution < -0.4 is 14.8 Å². The smallest absolute Gasteiger partial charge is 0.335 e. The van der Waals surface area contributed by atoms with E-state index in [2.05, 4.69) is 5.32 Å². The van der Waals surface area contributed by atoms with E-state index < -0.39 is 23.8 Å². The number of nitrogens with zero attached hydrogens (tertiary/aromatic N) is 1. The first-order chi connectivity index (χ1) is 15.7. The minimum absolute atomic E-state index is 0.0885. The normalized spacial score (nSPS) is 15.5. The molecular weight excluding hydrogens is 468 g/mol. The number of benzene rings is 2. The number of thiocarbonyl (C=S) groups is 1. The Morgan fingerprint density at radius 3 is 2.24 bits per heavy atom. The number of amides is 2. The van der Waals surface area contributed by atoms with Gasteiger partial charge in [0.25, 0.3) is 5.91 Å². The van der Waals surface area contributed by atoms with Crippen molar-refractivity contribution in [3.8, 4) is 17.2 Å². The Hall–Kier alpha value is -3.57. The Bertz CT molecular complexity index is 1140. The molecule has 3 rings (SSSR count). The lowest BCUT2D eigenvalue weighted by Gasteiger charge is -2.22. The quantitative estimate of drug-likeness (QED) is 0.397. The van der Waals surface area contributed by atoms with E-state index in [1.807, 2.05) is 0 Å². The highest BCUT2D eigenvalue weighted by atomic mass is 32.2. The summed E-state index contributed by atoms with van der Waals surface area (Å²) in [5.74, 6) is -1.81. The maximum absolute atomic E-state index is 13.0. The van der Waals surface area contributed by atoms with Crippen LogP contribution in [0.2, 0.25) is 0 Å². The number of rotatable bonds is 7. The molecule has 0 aromatic heterocycles. The number of phenols is 1. The molecule has 3 N–H and O–H groups in total. The topological polar surface area (TPSA) is 125 Å². The predicted molar refractivity (Wildman–Crippen MR) is 128 cm³/mol. The van der Waals surface area contributed by atoms with Gasteiger partial charge in [0.05, 0.1) is 24.7 Å². The number of aromatic hydroxyl groups is 1. The molecule has 33 heavy (non-hydrogen) atoms. The third-order valence-corrected chi connectivity index (χ3v) is 6.12. The molecule has 1 atom stereocenters. The number of carboxylic acids is 1. The van der Waals surface area contributed by atoms with E-state index in [-0.39, 0.29) is 27.1 Å². The first kappa shape index (κ1) is 24.1.